The van der Waals surface area contributed by atoms with Gasteiger partial charge in [0.2, 0.25) is 0 Å². The molecule has 3 atom stereocenters. The summed E-state index contributed by atoms with van der Waals surface area (Å²) in [5.74, 6) is -4.39. The van der Waals surface area contributed by atoms with Gasteiger partial charge in [0, 0.05) is 6.54 Å². The van der Waals surface area contributed by atoms with E-state index in [2.05, 4.69) is 5.16 Å². The van der Waals surface area contributed by atoms with Crippen molar-refractivity contribution in [2.45, 2.75) is 44.5 Å². The summed E-state index contributed by atoms with van der Waals surface area (Å²) in [4.78, 5) is 30.8. The van der Waals surface area contributed by atoms with Crippen LogP contribution in [0, 0.1) is 5.92 Å². The van der Waals surface area contributed by atoms with E-state index in [9.17, 15) is 22.8 Å². The third kappa shape index (κ3) is 3.98. The molecule has 28 heavy (non-hydrogen) atoms. The van der Waals surface area contributed by atoms with Gasteiger partial charge >= 0.3 is 18.1 Å². The number of hydrogen-bond donors (Lipinski definition) is 0. The van der Waals surface area contributed by atoms with Gasteiger partial charge in [-0.2, -0.15) is 13.2 Å². The van der Waals surface area contributed by atoms with E-state index in [1.54, 1.807) is 51.1 Å². The lowest BCUT2D eigenvalue weighted by atomic mass is 9.77. The molecule has 1 amide bonds. The van der Waals surface area contributed by atoms with Gasteiger partial charge in [0.05, 0.1) is 17.5 Å². The molecule has 0 saturated carbocycles. The summed E-state index contributed by atoms with van der Waals surface area (Å²) in [6.07, 6.45) is -5.12. The van der Waals surface area contributed by atoms with Crippen LogP contribution in [0.25, 0.3) is 0 Å². The number of carbonyl (C=O) groups is 2. The van der Waals surface area contributed by atoms with E-state index in [-0.39, 0.29) is 13.2 Å². The monoisotopic (exact) mass is 398 g/mol. The van der Waals surface area contributed by atoms with E-state index in [0.717, 1.165) is 0 Å². The zero-order valence-corrected chi connectivity index (χ0v) is 15.7. The van der Waals surface area contributed by atoms with Gasteiger partial charge in [-0.1, -0.05) is 35.5 Å². The van der Waals surface area contributed by atoms with Crippen molar-refractivity contribution < 1.29 is 32.3 Å². The zero-order chi connectivity index (χ0) is 20.7. The highest BCUT2D eigenvalue weighted by Gasteiger charge is 2.55. The number of benzene rings is 1. The number of likely N-dealkylation sites (tertiary alicyclic amines) is 1. The smallest absolute Gasteiger partial charge is 0.458 e. The van der Waals surface area contributed by atoms with E-state index in [1.165, 1.54) is 0 Å². The van der Waals surface area contributed by atoms with Gasteiger partial charge in [-0.25, -0.2) is 4.79 Å². The second kappa shape index (κ2) is 7.10. The van der Waals surface area contributed by atoms with Gasteiger partial charge in [0.25, 0.3) is 0 Å². The van der Waals surface area contributed by atoms with Crippen LogP contribution < -0.4 is 0 Å². The summed E-state index contributed by atoms with van der Waals surface area (Å²) in [5.41, 5.74) is 0.0800. The minimum atomic E-state index is -5.12. The summed E-state index contributed by atoms with van der Waals surface area (Å²) >= 11 is 0. The van der Waals surface area contributed by atoms with Crippen LogP contribution in [0.4, 0.5) is 13.2 Å². The number of carbonyl (C=O) groups excluding carboxylic acids is 2. The Labute approximate surface area is 160 Å². The highest BCUT2D eigenvalue weighted by molar-refractivity contribution is 6.02. The number of alkyl halides is 3. The quantitative estimate of drug-likeness (QED) is 0.719. The lowest BCUT2D eigenvalue weighted by molar-refractivity contribution is -0.193. The Hall–Kier alpha value is -2.58. The molecule has 0 aromatic heterocycles. The molecule has 0 aliphatic carbocycles. The first kappa shape index (κ1) is 20.2. The number of hydrogen-bond acceptors (Lipinski definition) is 5. The van der Waals surface area contributed by atoms with Crippen LogP contribution in [0.2, 0.25) is 0 Å². The first-order valence-electron chi connectivity index (χ1n) is 8.84. The third-order valence-corrected chi connectivity index (χ3v) is 4.56. The highest BCUT2D eigenvalue weighted by atomic mass is 19.4. The Morgan fingerprint density at radius 2 is 1.82 bits per heavy atom. The lowest BCUT2D eigenvalue weighted by Gasteiger charge is -2.42. The molecule has 152 valence electrons. The molecule has 6 nitrogen and oxygen atoms in total. The van der Waals surface area contributed by atoms with Crippen molar-refractivity contribution in [3.8, 4) is 0 Å². The van der Waals surface area contributed by atoms with Crippen molar-refractivity contribution in [1.82, 2.24) is 4.90 Å². The number of piperidine rings is 1. The molecule has 1 aromatic carbocycles. The Kier molecular flexibility index (Phi) is 5.12. The maximum Gasteiger partial charge on any atom is 0.471 e. The molecule has 2 aliphatic rings. The number of nitrogens with zero attached hydrogens (tertiary/aromatic N) is 2. The highest BCUT2D eigenvalue weighted by Crippen LogP contribution is 2.39. The first-order valence-corrected chi connectivity index (χ1v) is 8.84. The van der Waals surface area contributed by atoms with Gasteiger partial charge in [0.1, 0.15) is 18.2 Å². The van der Waals surface area contributed by atoms with Crippen LogP contribution in [0.5, 0.6) is 0 Å². The molecule has 2 aliphatic heterocycles. The van der Waals surface area contributed by atoms with Crippen molar-refractivity contribution in [3.63, 3.8) is 0 Å². The molecule has 2 heterocycles. The largest absolute Gasteiger partial charge is 0.471 e. The zero-order valence-electron chi connectivity index (χ0n) is 15.7. The third-order valence-electron chi connectivity index (χ3n) is 4.56. The van der Waals surface area contributed by atoms with Crippen LogP contribution in [-0.2, 0) is 19.2 Å². The van der Waals surface area contributed by atoms with Gasteiger partial charge in [-0.05, 0) is 26.3 Å². The van der Waals surface area contributed by atoms with E-state index in [0.29, 0.717) is 16.2 Å². The van der Waals surface area contributed by atoms with Crippen molar-refractivity contribution in [2.24, 2.45) is 11.1 Å². The Morgan fingerprint density at radius 1 is 1.18 bits per heavy atom. The van der Waals surface area contributed by atoms with Crippen LogP contribution in [0.3, 0.4) is 0 Å². The topological polar surface area (TPSA) is 68.2 Å². The number of esters is 1. The van der Waals surface area contributed by atoms with E-state index in [1.807, 2.05) is 0 Å². The molecule has 9 heteroatoms. The summed E-state index contributed by atoms with van der Waals surface area (Å²) in [6, 6.07) is 7.03. The number of ether oxygens (including phenoxy) is 1. The van der Waals surface area contributed by atoms with Gasteiger partial charge in [-0.3, -0.25) is 4.79 Å². The Morgan fingerprint density at radius 3 is 2.39 bits per heavy atom. The van der Waals surface area contributed by atoms with Gasteiger partial charge in [0.15, 0.2) is 0 Å². The molecule has 0 bridgehead atoms. The summed E-state index contributed by atoms with van der Waals surface area (Å²) in [7, 11) is 0. The molecule has 1 fully saturated rings. The number of rotatable bonds is 2. The second-order valence-electron chi connectivity index (χ2n) is 7.83. The fourth-order valence-corrected chi connectivity index (χ4v) is 3.52. The lowest BCUT2D eigenvalue weighted by Crippen LogP contribution is -2.61. The molecule has 1 saturated heterocycles. The summed E-state index contributed by atoms with van der Waals surface area (Å²) in [5, 5.41) is 3.99. The number of amides is 1. The van der Waals surface area contributed by atoms with Gasteiger partial charge < -0.3 is 14.5 Å². The van der Waals surface area contributed by atoms with Crippen molar-refractivity contribution in [2.75, 3.05) is 13.2 Å². The van der Waals surface area contributed by atoms with Crippen molar-refractivity contribution >= 4 is 17.6 Å². The first-order chi connectivity index (χ1) is 13.0. The number of fused-ring (bicyclic) bond motifs is 1. The molecule has 3 rings (SSSR count). The molecule has 3 unspecified atom stereocenters. The Balaban J connectivity index is 2.10. The van der Waals surface area contributed by atoms with Crippen LogP contribution in [0.15, 0.2) is 35.5 Å². The summed E-state index contributed by atoms with van der Waals surface area (Å²) in [6.45, 7) is 4.58. The minimum Gasteiger partial charge on any atom is -0.458 e. The molecule has 1 aromatic rings. The SMILES string of the molecule is CC(C)(C)OC(=O)C1C(c2ccccc2)C2=NOCC2CN1C(=O)C(F)(F)F. The minimum absolute atomic E-state index is 0.0569. The van der Waals surface area contributed by atoms with E-state index in [4.69, 9.17) is 9.57 Å². The normalized spacial score (nSPS) is 24.9. The molecule has 0 spiro atoms. The molecular formula is C19H21F3N2O4. The average Bonchev–Trinajstić information content (AvgIpc) is 3.06. The maximum atomic E-state index is 13.3. The predicted octanol–water partition coefficient (Wildman–Crippen LogP) is 2.89. The molecule has 0 N–H and O–H groups in total. The standard InChI is InChI=1S/C19H21F3N2O4/c1-18(2,3)28-16(25)15-13(11-7-5-4-6-8-11)14-12(10-27-23-14)9-24(15)17(26)19(20,21)22/h4-8,12-13,15H,9-10H2,1-3H3. The van der Waals surface area contributed by atoms with Gasteiger partial charge in [-0.15, -0.1) is 0 Å². The van der Waals surface area contributed by atoms with Crippen LogP contribution in [-0.4, -0.2) is 53.5 Å². The Bertz CT molecular complexity index is 787. The predicted molar refractivity (Wildman–Crippen MR) is 93.5 cm³/mol. The van der Waals surface area contributed by atoms with Crippen molar-refractivity contribution in [3.05, 3.63) is 35.9 Å². The second-order valence-corrected chi connectivity index (χ2v) is 7.83. The maximum absolute atomic E-state index is 13.3. The van der Waals surface area contributed by atoms with Crippen LogP contribution >= 0.6 is 0 Å². The van der Waals surface area contributed by atoms with E-state index >= 15 is 0 Å². The summed E-state index contributed by atoms with van der Waals surface area (Å²) < 4.78 is 45.2. The van der Waals surface area contributed by atoms with E-state index < -0.39 is 41.5 Å². The average molecular weight is 398 g/mol. The van der Waals surface area contributed by atoms with Crippen LogP contribution in [0.1, 0.15) is 32.3 Å². The fourth-order valence-electron chi connectivity index (χ4n) is 3.52. The molecular weight excluding hydrogens is 377 g/mol. The fraction of sp³-hybridized carbons (Fsp3) is 0.526. The number of oxime groups is 1. The number of halogens is 3. The van der Waals surface area contributed by atoms with Crippen molar-refractivity contribution in [1.29, 1.82) is 0 Å². The molecule has 0 radical (unpaired) electrons.